The first-order valence-electron chi connectivity index (χ1n) is 6.76. The molecule has 0 spiro atoms. The van der Waals surface area contributed by atoms with Crippen LogP contribution in [0, 0.1) is 11.6 Å². The lowest BCUT2D eigenvalue weighted by Crippen LogP contribution is -2.16. The van der Waals surface area contributed by atoms with E-state index in [-0.39, 0.29) is 23.0 Å². The van der Waals surface area contributed by atoms with Gasteiger partial charge in [0.05, 0.1) is 20.4 Å². The van der Waals surface area contributed by atoms with E-state index in [1.807, 2.05) is 0 Å². The number of ether oxygens (including phenoxy) is 2. The van der Waals surface area contributed by atoms with Gasteiger partial charge in [-0.25, -0.2) is 8.78 Å². The molecule has 1 heterocycles. The number of halogens is 2. The van der Waals surface area contributed by atoms with Crippen molar-refractivity contribution in [3.05, 3.63) is 40.7 Å². The van der Waals surface area contributed by atoms with Crippen molar-refractivity contribution in [2.24, 2.45) is 0 Å². The first kappa shape index (κ1) is 13.9. The zero-order valence-electron chi connectivity index (χ0n) is 11.9. The molecule has 0 amide bonds. The Hall–Kier alpha value is -2.11. The third-order valence-electron chi connectivity index (χ3n) is 4.04. The molecule has 0 bridgehead atoms. The monoisotopic (exact) mass is 294 g/mol. The van der Waals surface area contributed by atoms with Gasteiger partial charge in [-0.05, 0) is 30.7 Å². The maximum atomic E-state index is 14.5. The summed E-state index contributed by atoms with van der Waals surface area (Å²) in [6.07, 6.45) is 3.70. The molecule has 0 radical (unpaired) electrons. The van der Waals surface area contributed by atoms with Gasteiger partial charge in [0.25, 0.3) is 0 Å². The summed E-state index contributed by atoms with van der Waals surface area (Å²) in [6.45, 7) is 0. The Morgan fingerprint density at radius 1 is 1.19 bits per heavy atom. The van der Waals surface area contributed by atoms with Crippen molar-refractivity contribution < 1.29 is 18.3 Å². The van der Waals surface area contributed by atoms with Crippen molar-refractivity contribution in [3.63, 3.8) is 0 Å². The third kappa shape index (κ3) is 2.24. The normalized spacial score (nSPS) is 17.4. The van der Waals surface area contributed by atoms with Gasteiger partial charge in [-0.15, -0.1) is 0 Å². The second-order valence-corrected chi connectivity index (χ2v) is 5.14. The van der Waals surface area contributed by atoms with Crippen molar-refractivity contribution in [1.29, 1.82) is 0 Å². The van der Waals surface area contributed by atoms with E-state index < -0.39 is 11.6 Å². The number of nitrogens with zero attached hydrogens (tertiary/aromatic N) is 1. The van der Waals surface area contributed by atoms with E-state index in [0.717, 1.165) is 17.7 Å². The first-order chi connectivity index (χ1) is 10.2. The number of aryl methyl sites for hydroxylation is 1. The minimum atomic E-state index is -0.649. The van der Waals surface area contributed by atoms with Crippen molar-refractivity contribution in [2.75, 3.05) is 14.2 Å². The molecule has 1 N–H and O–H groups in total. The quantitative estimate of drug-likeness (QED) is 0.946. The van der Waals surface area contributed by atoms with Crippen LogP contribution in [-0.2, 0) is 12.8 Å². The minimum absolute atomic E-state index is 0.00124. The van der Waals surface area contributed by atoms with Crippen molar-refractivity contribution in [3.8, 4) is 11.5 Å². The van der Waals surface area contributed by atoms with Gasteiger partial charge in [0.15, 0.2) is 23.1 Å². The standard InChI is InChI=1S/C15H16F2N2O2/c1-20-11-6-12(21-2)15(17)13(14(11)16)8-3-4-9-7-18-19-10(9)5-8/h6-8H,3-5H2,1-2H3,(H,18,19)/t8-/m0/s1. The Morgan fingerprint density at radius 2 is 1.86 bits per heavy atom. The van der Waals surface area contributed by atoms with Crippen molar-refractivity contribution in [1.82, 2.24) is 10.2 Å². The molecule has 0 saturated carbocycles. The number of aromatic amines is 1. The van der Waals surface area contributed by atoms with E-state index in [4.69, 9.17) is 9.47 Å². The molecule has 3 rings (SSSR count). The summed E-state index contributed by atoms with van der Waals surface area (Å²) in [6, 6.07) is 1.23. The van der Waals surface area contributed by atoms with Gasteiger partial charge in [0.2, 0.25) is 0 Å². The van der Waals surface area contributed by atoms with Crippen LogP contribution in [0.15, 0.2) is 12.3 Å². The number of nitrogens with one attached hydrogen (secondary N) is 1. The maximum absolute atomic E-state index is 14.5. The zero-order valence-corrected chi connectivity index (χ0v) is 11.9. The summed E-state index contributed by atoms with van der Waals surface area (Å²) in [5.74, 6) is -1.56. The number of rotatable bonds is 3. The molecule has 0 aliphatic heterocycles. The highest BCUT2D eigenvalue weighted by atomic mass is 19.1. The Balaban J connectivity index is 2.06. The van der Waals surface area contributed by atoms with Crippen LogP contribution < -0.4 is 9.47 Å². The van der Waals surface area contributed by atoms with Gasteiger partial charge >= 0.3 is 0 Å². The van der Waals surface area contributed by atoms with Gasteiger partial charge in [-0.3, -0.25) is 5.10 Å². The van der Waals surface area contributed by atoms with Gasteiger partial charge in [0.1, 0.15) is 0 Å². The van der Waals surface area contributed by atoms with Crippen LogP contribution in [0.1, 0.15) is 29.2 Å². The fraction of sp³-hybridized carbons (Fsp3) is 0.400. The molecule has 1 aromatic carbocycles. The molecule has 2 aromatic rings. The highest BCUT2D eigenvalue weighted by Crippen LogP contribution is 2.40. The molecule has 0 fully saturated rings. The van der Waals surface area contributed by atoms with E-state index >= 15 is 0 Å². The maximum Gasteiger partial charge on any atom is 0.171 e. The van der Waals surface area contributed by atoms with Crippen molar-refractivity contribution >= 4 is 0 Å². The first-order valence-corrected chi connectivity index (χ1v) is 6.76. The largest absolute Gasteiger partial charge is 0.494 e. The van der Waals surface area contributed by atoms with Gasteiger partial charge in [0, 0.05) is 17.3 Å². The van der Waals surface area contributed by atoms with Gasteiger partial charge in [-0.2, -0.15) is 5.10 Å². The Bertz CT molecular complexity index is 642. The molecular weight excluding hydrogens is 278 g/mol. The summed E-state index contributed by atoms with van der Waals surface area (Å²) in [7, 11) is 2.71. The molecule has 6 heteroatoms. The number of aromatic nitrogens is 2. The van der Waals surface area contributed by atoms with E-state index in [1.54, 1.807) is 6.20 Å². The van der Waals surface area contributed by atoms with Crippen LogP contribution in [0.3, 0.4) is 0 Å². The van der Waals surface area contributed by atoms with Crippen LogP contribution in [-0.4, -0.2) is 24.4 Å². The number of fused-ring (bicyclic) bond motifs is 1. The van der Waals surface area contributed by atoms with Crippen LogP contribution in [0.5, 0.6) is 11.5 Å². The molecule has 4 nitrogen and oxygen atoms in total. The molecule has 0 unspecified atom stereocenters. The predicted molar refractivity (Wildman–Crippen MR) is 72.8 cm³/mol. The summed E-state index contributed by atoms with van der Waals surface area (Å²) in [5, 5.41) is 6.88. The number of benzene rings is 1. The van der Waals surface area contributed by atoms with Gasteiger partial charge in [-0.1, -0.05) is 0 Å². The molecular formula is C15H16F2N2O2. The average Bonchev–Trinajstić information content (AvgIpc) is 2.95. The predicted octanol–water partition coefficient (Wildman–Crippen LogP) is 2.98. The fourth-order valence-corrected chi connectivity index (χ4v) is 2.92. The SMILES string of the molecule is COc1cc(OC)c(F)c([C@H]2CCc3cn[nH]c3C2)c1F. The second-order valence-electron chi connectivity index (χ2n) is 5.14. The Labute approximate surface area is 121 Å². The number of H-pyrrole nitrogens is 1. The van der Waals surface area contributed by atoms with Crippen molar-refractivity contribution in [2.45, 2.75) is 25.2 Å². The summed E-state index contributed by atoms with van der Waals surface area (Å²) in [5.41, 5.74) is 2.08. The number of methoxy groups -OCH3 is 2. The molecule has 1 aromatic heterocycles. The molecule has 1 aliphatic rings. The van der Waals surface area contributed by atoms with Crippen LogP contribution in [0.2, 0.25) is 0 Å². The molecule has 1 aliphatic carbocycles. The van der Waals surface area contributed by atoms with Crippen LogP contribution in [0.4, 0.5) is 8.78 Å². The van der Waals surface area contributed by atoms with E-state index in [2.05, 4.69) is 10.2 Å². The highest BCUT2D eigenvalue weighted by Gasteiger charge is 2.30. The summed E-state index contributed by atoms with van der Waals surface area (Å²) >= 11 is 0. The van der Waals surface area contributed by atoms with E-state index in [1.165, 1.54) is 20.3 Å². The second kappa shape index (κ2) is 5.35. The highest BCUT2D eigenvalue weighted by molar-refractivity contribution is 5.44. The lowest BCUT2D eigenvalue weighted by molar-refractivity contribution is 0.347. The zero-order chi connectivity index (χ0) is 15.0. The molecule has 0 saturated heterocycles. The van der Waals surface area contributed by atoms with Crippen LogP contribution >= 0.6 is 0 Å². The Kier molecular flexibility index (Phi) is 3.53. The minimum Gasteiger partial charge on any atom is -0.494 e. The topological polar surface area (TPSA) is 47.1 Å². The third-order valence-corrected chi connectivity index (χ3v) is 4.04. The molecule has 21 heavy (non-hydrogen) atoms. The lowest BCUT2D eigenvalue weighted by Gasteiger charge is -2.24. The number of hydrogen-bond acceptors (Lipinski definition) is 3. The van der Waals surface area contributed by atoms with Crippen LogP contribution in [0.25, 0.3) is 0 Å². The smallest absolute Gasteiger partial charge is 0.171 e. The number of hydrogen-bond donors (Lipinski definition) is 1. The van der Waals surface area contributed by atoms with E-state index in [9.17, 15) is 8.78 Å². The van der Waals surface area contributed by atoms with E-state index in [0.29, 0.717) is 12.8 Å². The lowest BCUT2D eigenvalue weighted by atomic mass is 9.82. The average molecular weight is 294 g/mol. The summed E-state index contributed by atoms with van der Waals surface area (Å²) in [4.78, 5) is 0. The molecule has 1 atom stereocenters. The summed E-state index contributed by atoms with van der Waals surface area (Å²) < 4.78 is 39.0. The fourth-order valence-electron chi connectivity index (χ4n) is 2.92. The Morgan fingerprint density at radius 3 is 2.48 bits per heavy atom. The van der Waals surface area contributed by atoms with Gasteiger partial charge < -0.3 is 9.47 Å². The molecule has 112 valence electrons.